The van der Waals surface area contributed by atoms with E-state index in [1.807, 2.05) is 0 Å². The smallest absolute Gasteiger partial charge is 0.122 e. The molecule has 0 bridgehead atoms. The minimum atomic E-state index is 0.599. The van der Waals surface area contributed by atoms with Crippen LogP contribution in [0, 0.1) is 0 Å². The fourth-order valence-electron chi connectivity index (χ4n) is 2.96. The first-order chi connectivity index (χ1) is 9.15. The third-order valence-electron chi connectivity index (χ3n) is 4.23. The van der Waals surface area contributed by atoms with Crippen molar-refractivity contribution in [2.45, 2.75) is 45.2 Å². The van der Waals surface area contributed by atoms with Crippen molar-refractivity contribution in [2.24, 2.45) is 5.73 Å². The molecule has 1 aliphatic rings. The van der Waals surface area contributed by atoms with Gasteiger partial charge in [0.15, 0.2) is 0 Å². The van der Waals surface area contributed by atoms with Crippen LogP contribution in [0.1, 0.15) is 43.7 Å². The Bertz CT molecular complexity index is 409. The fraction of sp³-hybridized carbons (Fsp3) is 0.625. The van der Waals surface area contributed by atoms with Gasteiger partial charge < -0.3 is 15.4 Å². The molecule has 1 aromatic carbocycles. The molecule has 0 aliphatic carbocycles. The maximum Gasteiger partial charge on any atom is 0.122 e. The van der Waals surface area contributed by atoms with Gasteiger partial charge in [0.2, 0.25) is 0 Å². The lowest BCUT2D eigenvalue weighted by atomic mass is 9.87. The number of ether oxygens (including phenoxy) is 1. The summed E-state index contributed by atoms with van der Waals surface area (Å²) in [6, 6.07) is 7.00. The van der Waals surface area contributed by atoms with Gasteiger partial charge in [-0.3, -0.25) is 0 Å². The zero-order valence-corrected chi connectivity index (χ0v) is 12.4. The molecule has 0 radical (unpaired) electrons. The standard InChI is InChI=1S/C16H26N2O/c1-12(2)18-8-6-14(7-9-18)15-10-13(11-17)4-5-16(15)19-3/h4-5,10,12,14H,6-9,11,17H2,1-3H3. The van der Waals surface area contributed by atoms with Crippen molar-refractivity contribution in [1.82, 2.24) is 4.90 Å². The van der Waals surface area contributed by atoms with Crippen molar-refractivity contribution in [3.05, 3.63) is 29.3 Å². The maximum absolute atomic E-state index is 5.75. The van der Waals surface area contributed by atoms with Crippen LogP contribution in [-0.4, -0.2) is 31.1 Å². The lowest BCUT2D eigenvalue weighted by molar-refractivity contribution is 0.171. The molecule has 0 amide bonds. The molecule has 0 atom stereocenters. The highest BCUT2D eigenvalue weighted by Gasteiger charge is 2.24. The Morgan fingerprint density at radius 3 is 2.53 bits per heavy atom. The second kappa shape index (κ2) is 6.40. The van der Waals surface area contributed by atoms with Crippen molar-refractivity contribution in [1.29, 1.82) is 0 Å². The van der Waals surface area contributed by atoms with E-state index < -0.39 is 0 Å². The Kier molecular flexibility index (Phi) is 4.83. The number of hydrogen-bond donors (Lipinski definition) is 1. The first-order valence-corrected chi connectivity index (χ1v) is 7.26. The van der Waals surface area contributed by atoms with E-state index in [1.165, 1.54) is 37.1 Å². The molecule has 0 spiro atoms. The van der Waals surface area contributed by atoms with E-state index in [0.717, 1.165) is 5.75 Å². The third-order valence-corrected chi connectivity index (χ3v) is 4.23. The van der Waals surface area contributed by atoms with Crippen molar-refractivity contribution in [3.8, 4) is 5.75 Å². The minimum absolute atomic E-state index is 0.599. The number of piperidine rings is 1. The molecule has 19 heavy (non-hydrogen) atoms. The van der Waals surface area contributed by atoms with Crippen LogP contribution in [0.4, 0.5) is 0 Å². The van der Waals surface area contributed by atoms with Gasteiger partial charge in [-0.05, 0) is 62.9 Å². The Balaban J connectivity index is 2.13. The first-order valence-electron chi connectivity index (χ1n) is 7.26. The van der Waals surface area contributed by atoms with Crippen LogP contribution in [0.3, 0.4) is 0 Å². The van der Waals surface area contributed by atoms with E-state index in [4.69, 9.17) is 10.5 Å². The molecule has 2 N–H and O–H groups in total. The summed E-state index contributed by atoms with van der Waals surface area (Å²) in [5.41, 5.74) is 8.29. The molecule has 3 heteroatoms. The van der Waals surface area contributed by atoms with Gasteiger partial charge in [0.1, 0.15) is 5.75 Å². The van der Waals surface area contributed by atoms with Crippen molar-refractivity contribution in [3.63, 3.8) is 0 Å². The minimum Gasteiger partial charge on any atom is -0.496 e. The van der Waals surface area contributed by atoms with Gasteiger partial charge in [-0.15, -0.1) is 0 Å². The average Bonchev–Trinajstić information content (AvgIpc) is 2.46. The zero-order chi connectivity index (χ0) is 13.8. The molecule has 1 heterocycles. The Morgan fingerprint density at radius 1 is 1.32 bits per heavy atom. The normalized spacial score (nSPS) is 17.9. The summed E-state index contributed by atoms with van der Waals surface area (Å²) in [7, 11) is 1.75. The Morgan fingerprint density at radius 2 is 2.00 bits per heavy atom. The van der Waals surface area contributed by atoms with Gasteiger partial charge in [0.05, 0.1) is 7.11 Å². The van der Waals surface area contributed by atoms with E-state index in [0.29, 0.717) is 18.5 Å². The van der Waals surface area contributed by atoms with Crippen LogP contribution >= 0.6 is 0 Å². The second-order valence-electron chi connectivity index (χ2n) is 5.68. The summed E-state index contributed by atoms with van der Waals surface area (Å²) < 4.78 is 5.52. The number of hydrogen-bond acceptors (Lipinski definition) is 3. The topological polar surface area (TPSA) is 38.5 Å². The molecular weight excluding hydrogens is 236 g/mol. The molecule has 3 nitrogen and oxygen atoms in total. The average molecular weight is 262 g/mol. The van der Waals surface area contributed by atoms with Gasteiger partial charge >= 0.3 is 0 Å². The first kappa shape index (κ1) is 14.4. The van der Waals surface area contributed by atoms with Crippen LogP contribution in [0.5, 0.6) is 5.75 Å². The molecule has 1 aromatic rings. The van der Waals surface area contributed by atoms with Gasteiger partial charge in [0, 0.05) is 12.6 Å². The second-order valence-corrected chi connectivity index (χ2v) is 5.68. The Labute approximate surface area is 116 Å². The van der Waals surface area contributed by atoms with Gasteiger partial charge in [-0.1, -0.05) is 12.1 Å². The van der Waals surface area contributed by atoms with E-state index in [9.17, 15) is 0 Å². The summed E-state index contributed by atoms with van der Waals surface area (Å²) in [6.07, 6.45) is 2.42. The van der Waals surface area contributed by atoms with E-state index in [1.54, 1.807) is 7.11 Å². The van der Waals surface area contributed by atoms with Gasteiger partial charge in [0.25, 0.3) is 0 Å². The van der Waals surface area contributed by atoms with Gasteiger partial charge in [-0.25, -0.2) is 0 Å². The van der Waals surface area contributed by atoms with E-state index in [2.05, 4.69) is 36.9 Å². The quantitative estimate of drug-likeness (QED) is 0.906. The van der Waals surface area contributed by atoms with E-state index >= 15 is 0 Å². The third kappa shape index (κ3) is 3.28. The molecule has 0 saturated carbocycles. The molecular formula is C16H26N2O. The largest absolute Gasteiger partial charge is 0.496 e. The highest BCUT2D eigenvalue weighted by atomic mass is 16.5. The molecule has 0 unspecified atom stereocenters. The highest BCUT2D eigenvalue weighted by Crippen LogP contribution is 2.35. The molecule has 1 saturated heterocycles. The summed E-state index contributed by atoms with van der Waals surface area (Å²) in [5.74, 6) is 1.62. The molecule has 2 rings (SSSR count). The van der Waals surface area contributed by atoms with Crippen LogP contribution in [0.25, 0.3) is 0 Å². The SMILES string of the molecule is COc1ccc(CN)cc1C1CCN(C(C)C)CC1. The number of nitrogens with zero attached hydrogens (tertiary/aromatic N) is 1. The van der Waals surface area contributed by atoms with Crippen LogP contribution in [-0.2, 0) is 6.54 Å². The number of methoxy groups -OCH3 is 1. The monoisotopic (exact) mass is 262 g/mol. The van der Waals surface area contributed by atoms with Crippen molar-refractivity contribution < 1.29 is 4.74 Å². The highest BCUT2D eigenvalue weighted by molar-refractivity contribution is 5.40. The summed E-state index contributed by atoms with van der Waals surface area (Å²) >= 11 is 0. The summed E-state index contributed by atoms with van der Waals surface area (Å²) in [4.78, 5) is 2.55. The van der Waals surface area contributed by atoms with Crippen molar-refractivity contribution >= 4 is 0 Å². The van der Waals surface area contributed by atoms with E-state index in [-0.39, 0.29) is 0 Å². The van der Waals surface area contributed by atoms with Gasteiger partial charge in [-0.2, -0.15) is 0 Å². The summed E-state index contributed by atoms with van der Waals surface area (Å²) in [6.45, 7) is 7.50. The number of nitrogens with two attached hydrogens (primary N) is 1. The number of rotatable bonds is 4. The number of benzene rings is 1. The maximum atomic E-state index is 5.75. The number of likely N-dealkylation sites (tertiary alicyclic amines) is 1. The zero-order valence-electron chi connectivity index (χ0n) is 12.4. The van der Waals surface area contributed by atoms with Crippen LogP contribution in [0.15, 0.2) is 18.2 Å². The van der Waals surface area contributed by atoms with Crippen LogP contribution in [0.2, 0.25) is 0 Å². The lowest BCUT2D eigenvalue weighted by Crippen LogP contribution is -2.37. The predicted molar refractivity (Wildman–Crippen MR) is 79.6 cm³/mol. The summed E-state index contributed by atoms with van der Waals surface area (Å²) in [5, 5.41) is 0. The molecule has 1 fully saturated rings. The van der Waals surface area contributed by atoms with Crippen LogP contribution < -0.4 is 10.5 Å². The Hall–Kier alpha value is -1.06. The lowest BCUT2D eigenvalue weighted by Gasteiger charge is -2.35. The predicted octanol–water partition coefficient (Wildman–Crippen LogP) is 2.74. The molecule has 106 valence electrons. The molecule has 1 aliphatic heterocycles. The van der Waals surface area contributed by atoms with Crippen molar-refractivity contribution in [2.75, 3.05) is 20.2 Å². The molecule has 0 aromatic heterocycles. The fourth-order valence-corrected chi connectivity index (χ4v) is 2.96.